The summed E-state index contributed by atoms with van der Waals surface area (Å²) in [6.45, 7) is 3.67. The number of amides is 2. The van der Waals surface area contributed by atoms with E-state index in [9.17, 15) is 14.4 Å². The zero-order chi connectivity index (χ0) is 22.3. The predicted octanol–water partition coefficient (Wildman–Crippen LogP) is 2.82. The fourth-order valence-electron chi connectivity index (χ4n) is 4.56. The van der Waals surface area contributed by atoms with Crippen LogP contribution in [0.2, 0.25) is 5.02 Å². The van der Waals surface area contributed by atoms with Gasteiger partial charge in [-0.15, -0.1) is 0 Å². The molecule has 0 N–H and O–H groups in total. The molecule has 3 aliphatic rings. The Kier molecular flexibility index (Phi) is 5.75. The van der Waals surface area contributed by atoms with Gasteiger partial charge in [-0.25, -0.2) is 4.79 Å². The van der Waals surface area contributed by atoms with Crippen LogP contribution >= 0.6 is 11.6 Å². The number of esters is 1. The van der Waals surface area contributed by atoms with Crippen molar-refractivity contribution in [3.05, 3.63) is 34.9 Å². The molecule has 0 aromatic heterocycles. The Labute approximate surface area is 184 Å². The molecule has 1 heterocycles. The van der Waals surface area contributed by atoms with Gasteiger partial charge in [0.25, 0.3) is 11.8 Å². The molecule has 2 fully saturated rings. The first-order valence-corrected chi connectivity index (χ1v) is 10.5. The van der Waals surface area contributed by atoms with E-state index in [-0.39, 0.29) is 46.3 Å². The summed E-state index contributed by atoms with van der Waals surface area (Å²) in [6.07, 6.45) is 5.44. The molecule has 0 radical (unpaired) electrons. The highest BCUT2D eigenvalue weighted by Crippen LogP contribution is 2.52. The number of carbonyl (C=O) groups is 3. The summed E-state index contributed by atoms with van der Waals surface area (Å²) in [6, 6.07) is 3.18. The monoisotopic (exact) mass is 446 g/mol. The Morgan fingerprint density at radius 3 is 2.48 bits per heavy atom. The lowest BCUT2D eigenvalue weighted by molar-refractivity contribution is -0.148. The van der Waals surface area contributed by atoms with Gasteiger partial charge in [0.05, 0.1) is 36.8 Å². The van der Waals surface area contributed by atoms with Gasteiger partial charge in [-0.05, 0) is 49.8 Å². The number of carbonyl (C=O) groups excluding carboxylic acids is 3. The first kappa shape index (κ1) is 21.4. The van der Waals surface area contributed by atoms with E-state index in [1.54, 1.807) is 19.1 Å². The Morgan fingerprint density at radius 2 is 1.90 bits per heavy atom. The van der Waals surface area contributed by atoms with Crippen molar-refractivity contribution in [2.75, 3.05) is 13.7 Å². The van der Waals surface area contributed by atoms with Crippen LogP contribution in [0.1, 0.15) is 25.8 Å². The minimum Gasteiger partial charge on any atom is -0.490 e. The molecule has 5 atom stereocenters. The van der Waals surface area contributed by atoms with Gasteiger partial charge in [-0.2, -0.15) is 10.1 Å². The van der Waals surface area contributed by atoms with Crippen LogP contribution in [-0.4, -0.2) is 48.8 Å². The topological polar surface area (TPSA) is 94.5 Å². The Balaban J connectivity index is 1.56. The Bertz CT molecular complexity index is 960. The number of benzene rings is 1. The summed E-state index contributed by atoms with van der Waals surface area (Å²) < 4.78 is 15.9. The van der Waals surface area contributed by atoms with Crippen molar-refractivity contribution >= 4 is 35.6 Å². The highest BCUT2D eigenvalue weighted by molar-refractivity contribution is 6.32. The summed E-state index contributed by atoms with van der Waals surface area (Å²) in [7, 11) is 1.27. The number of halogens is 1. The van der Waals surface area contributed by atoms with E-state index in [2.05, 4.69) is 9.84 Å². The maximum absolute atomic E-state index is 12.8. The highest BCUT2D eigenvalue weighted by atomic mass is 35.5. The minimum atomic E-state index is -0.885. The van der Waals surface area contributed by atoms with Crippen LogP contribution in [0.3, 0.4) is 0 Å². The quantitative estimate of drug-likeness (QED) is 0.276. The highest BCUT2D eigenvalue weighted by Gasteiger charge is 2.59. The van der Waals surface area contributed by atoms with E-state index in [1.807, 2.05) is 12.2 Å². The number of methoxy groups -OCH3 is 1. The first-order valence-electron chi connectivity index (χ1n) is 10.2. The third kappa shape index (κ3) is 3.69. The van der Waals surface area contributed by atoms with Crippen molar-refractivity contribution in [1.82, 2.24) is 5.01 Å². The van der Waals surface area contributed by atoms with Crippen molar-refractivity contribution < 1.29 is 28.6 Å². The van der Waals surface area contributed by atoms with Crippen molar-refractivity contribution in [1.29, 1.82) is 0 Å². The molecule has 1 aromatic carbocycles. The zero-order valence-corrected chi connectivity index (χ0v) is 18.2. The van der Waals surface area contributed by atoms with Crippen molar-refractivity contribution in [3.8, 4) is 11.5 Å². The summed E-state index contributed by atoms with van der Waals surface area (Å²) in [5, 5.41) is 5.33. The smallest absolute Gasteiger partial charge is 0.346 e. The molecular formula is C22H23ClN2O6. The molecule has 8 nitrogen and oxygen atoms in total. The van der Waals surface area contributed by atoms with Crippen LogP contribution < -0.4 is 9.47 Å². The third-order valence-corrected chi connectivity index (χ3v) is 6.21. The van der Waals surface area contributed by atoms with Gasteiger partial charge in [-0.1, -0.05) is 23.8 Å². The standard InChI is InChI=1S/C22H23ClN2O6/c1-4-30-16-8-12(7-15(23)19(16)31-11(2)22(28)29-3)10-24-25-20(26)17-13-5-6-14(9-13)18(17)21(25)27/h5-8,10-11,13-14,17-18H,4,9H2,1-3H3/t11-,13-,14-,17-,18+/m0/s1. The largest absolute Gasteiger partial charge is 0.490 e. The number of rotatable bonds is 7. The molecule has 1 saturated carbocycles. The summed E-state index contributed by atoms with van der Waals surface area (Å²) in [5.41, 5.74) is 0.519. The van der Waals surface area contributed by atoms with E-state index in [4.69, 9.17) is 21.1 Å². The molecule has 0 unspecified atom stereocenters. The molecule has 2 bridgehead atoms. The lowest BCUT2D eigenvalue weighted by atomic mass is 9.85. The fraction of sp³-hybridized carbons (Fsp3) is 0.455. The summed E-state index contributed by atoms with van der Waals surface area (Å²) in [4.78, 5) is 37.2. The Hall–Kier alpha value is -2.87. The average Bonchev–Trinajstić information content (AvgIpc) is 3.43. The molecule has 2 amide bonds. The second-order valence-electron chi connectivity index (χ2n) is 7.78. The molecule has 1 aromatic rings. The molecular weight excluding hydrogens is 424 g/mol. The van der Waals surface area contributed by atoms with Crippen LogP contribution in [0.25, 0.3) is 0 Å². The van der Waals surface area contributed by atoms with Crippen LogP contribution in [0, 0.1) is 23.7 Å². The van der Waals surface area contributed by atoms with Gasteiger partial charge in [0.15, 0.2) is 17.6 Å². The maximum Gasteiger partial charge on any atom is 0.346 e. The maximum atomic E-state index is 12.8. The van der Waals surface area contributed by atoms with Gasteiger partial charge >= 0.3 is 5.97 Å². The van der Waals surface area contributed by atoms with E-state index >= 15 is 0 Å². The predicted molar refractivity (Wildman–Crippen MR) is 112 cm³/mol. The molecule has 164 valence electrons. The summed E-state index contributed by atoms with van der Waals surface area (Å²) >= 11 is 6.36. The van der Waals surface area contributed by atoms with Gasteiger partial charge in [0.1, 0.15) is 0 Å². The molecule has 4 rings (SSSR count). The number of hydrogen-bond donors (Lipinski definition) is 0. The average molecular weight is 447 g/mol. The van der Waals surface area contributed by atoms with Crippen molar-refractivity contribution in [2.45, 2.75) is 26.4 Å². The number of ether oxygens (including phenoxy) is 3. The third-order valence-electron chi connectivity index (χ3n) is 5.93. The van der Waals surface area contributed by atoms with Crippen molar-refractivity contribution in [3.63, 3.8) is 0 Å². The molecule has 0 spiro atoms. The lowest BCUT2D eigenvalue weighted by Crippen LogP contribution is -2.28. The second-order valence-corrected chi connectivity index (χ2v) is 8.19. The zero-order valence-electron chi connectivity index (χ0n) is 17.4. The SMILES string of the molecule is CCOc1cc(C=NN2C(=O)[C@@H]3[C@H](C2=O)[C@H]2C=C[C@H]3C2)cc(Cl)c1O[C@@H](C)C(=O)OC. The number of nitrogens with zero attached hydrogens (tertiary/aromatic N) is 2. The first-order chi connectivity index (χ1) is 14.8. The normalized spacial score (nSPS) is 27.2. The number of fused-ring (bicyclic) bond motifs is 5. The van der Waals surface area contributed by atoms with E-state index < -0.39 is 12.1 Å². The number of hydrogen-bond acceptors (Lipinski definition) is 7. The van der Waals surface area contributed by atoms with E-state index in [1.165, 1.54) is 20.2 Å². The van der Waals surface area contributed by atoms with Gasteiger partial charge < -0.3 is 14.2 Å². The molecule has 1 saturated heterocycles. The number of imide groups is 1. The number of hydrazone groups is 1. The molecule has 2 aliphatic carbocycles. The molecule has 1 aliphatic heterocycles. The van der Waals surface area contributed by atoms with Gasteiger partial charge in [0, 0.05) is 0 Å². The number of allylic oxidation sites excluding steroid dienone is 2. The summed E-state index contributed by atoms with van der Waals surface area (Å²) in [5.74, 6) is -0.927. The van der Waals surface area contributed by atoms with Crippen LogP contribution in [0.4, 0.5) is 0 Å². The lowest BCUT2D eigenvalue weighted by Gasteiger charge is -2.17. The van der Waals surface area contributed by atoms with E-state index in [0.717, 1.165) is 11.4 Å². The molecule has 31 heavy (non-hydrogen) atoms. The Morgan fingerprint density at radius 1 is 1.26 bits per heavy atom. The minimum absolute atomic E-state index is 0.124. The van der Waals surface area contributed by atoms with Gasteiger partial charge in [-0.3, -0.25) is 9.59 Å². The van der Waals surface area contributed by atoms with Crippen LogP contribution in [-0.2, 0) is 19.1 Å². The second kappa shape index (κ2) is 8.34. The molecule has 9 heteroatoms. The van der Waals surface area contributed by atoms with E-state index in [0.29, 0.717) is 17.9 Å². The van der Waals surface area contributed by atoms with Crippen LogP contribution in [0.15, 0.2) is 29.4 Å². The van der Waals surface area contributed by atoms with Crippen LogP contribution in [0.5, 0.6) is 11.5 Å². The van der Waals surface area contributed by atoms with Gasteiger partial charge in [0.2, 0.25) is 0 Å². The van der Waals surface area contributed by atoms with Crippen molar-refractivity contribution in [2.24, 2.45) is 28.8 Å². The fourth-order valence-corrected chi connectivity index (χ4v) is 4.82.